The number of H-pyrrole nitrogens is 1. The van der Waals surface area contributed by atoms with Gasteiger partial charge in [0.25, 0.3) is 11.8 Å². The molecule has 4 atom stereocenters. The number of urea groups is 1. The Labute approximate surface area is 211 Å². The first-order valence-electron chi connectivity index (χ1n) is 9.93. The molecular weight excluding hydrogens is 553 g/mol. The van der Waals surface area contributed by atoms with E-state index in [0.717, 1.165) is 28.4 Å². The molecule has 1 saturated heterocycles. The van der Waals surface area contributed by atoms with Crippen molar-refractivity contribution in [1.82, 2.24) is 36.2 Å². The van der Waals surface area contributed by atoms with Gasteiger partial charge in [-0.15, -0.1) is 16.9 Å². The number of primary amides is 1. The number of nitrogens with zero attached hydrogens (tertiary/aromatic N) is 4. The van der Waals surface area contributed by atoms with Crippen molar-refractivity contribution < 1.29 is 42.0 Å². The second kappa shape index (κ2) is 11.6. The van der Waals surface area contributed by atoms with E-state index >= 15 is 0 Å². The molecule has 0 aliphatic carbocycles. The number of tetrazole rings is 1. The van der Waals surface area contributed by atoms with Crippen molar-refractivity contribution >= 4 is 58.5 Å². The molecule has 2 aliphatic rings. The van der Waals surface area contributed by atoms with Gasteiger partial charge in [0, 0.05) is 17.5 Å². The largest absolute Gasteiger partial charge is 0.616 e. The van der Waals surface area contributed by atoms with E-state index in [4.69, 9.17) is 5.73 Å². The Morgan fingerprint density at radius 2 is 2.14 bits per heavy atom. The fourth-order valence-electron chi connectivity index (χ4n) is 3.45. The maximum Gasteiger partial charge on any atom is 0.433 e. The summed E-state index contributed by atoms with van der Waals surface area (Å²) in [5, 5.41) is 26.6. The number of nitrogens with two attached hydrogens (primary N) is 1. The number of rotatable bonds is 11. The Morgan fingerprint density at radius 3 is 2.72 bits per heavy atom. The molecule has 0 bridgehead atoms. The summed E-state index contributed by atoms with van der Waals surface area (Å²) in [7, 11) is 0. The number of thioether (sulfide) groups is 2. The molecule has 3 heterocycles. The van der Waals surface area contributed by atoms with Crippen molar-refractivity contribution in [2.24, 2.45) is 5.73 Å². The molecular formula is C16H19F3N8O6S3. The number of alkyl halides is 3. The molecule has 2 aliphatic heterocycles. The molecule has 0 saturated carbocycles. The predicted octanol–water partition coefficient (Wildman–Crippen LogP) is -1.23. The maximum atomic E-state index is 12.8. The van der Waals surface area contributed by atoms with Gasteiger partial charge < -0.3 is 26.0 Å². The molecule has 198 valence electrons. The number of hydrogen-bond acceptors (Lipinski definition) is 10. The van der Waals surface area contributed by atoms with E-state index in [1.165, 1.54) is 0 Å². The van der Waals surface area contributed by atoms with E-state index in [1.54, 1.807) is 0 Å². The van der Waals surface area contributed by atoms with Crippen LogP contribution in [-0.2, 0) is 25.6 Å². The van der Waals surface area contributed by atoms with Gasteiger partial charge in [-0.1, -0.05) is 11.8 Å². The molecule has 6 N–H and O–H groups in total. The molecule has 36 heavy (non-hydrogen) atoms. The predicted molar refractivity (Wildman–Crippen MR) is 120 cm³/mol. The topological polar surface area (TPSA) is 219 Å². The zero-order valence-corrected chi connectivity index (χ0v) is 20.4. The third kappa shape index (κ3) is 6.95. The third-order valence-electron chi connectivity index (χ3n) is 4.81. The van der Waals surface area contributed by atoms with Gasteiger partial charge in [0.15, 0.2) is 5.75 Å². The van der Waals surface area contributed by atoms with Crippen LogP contribution in [0.25, 0.3) is 0 Å². The minimum absolute atomic E-state index is 0.0841. The fourth-order valence-corrected chi connectivity index (χ4v) is 6.84. The number of carbonyl (C=O) groups excluding carboxylic acids is 3. The van der Waals surface area contributed by atoms with Gasteiger partial charge >= 0.3 is 18.2 Å². The van der Waals surface area contributed by atoms with Crippen LogP contribution in [-0.4, -0.2) is 106 Å². The summed E-state index contributed by atoms with van der Waals surface area (Å²) >= 11 is -0.311. The molecule has 4 amide bonds. The SMILES string of the molecule is NC(=O)NCCC(Sc1nnn[nH]1)C1=C(C(=O)O)N2C(=O)C(NC(=O)C[S+]([O-])CC(F)(F)F)[C@@H]2SC1. The van der Waals surface area contributed by atoms with Crippen LogP contribution in [0, 0.1) is 0 Å². The number of aliphatic carboxylic acids is 1. The van der Waals surface area contributed by atoms with Crippen LogP contribution >= 0.6 is 23.5 Å². The zero-order chi connectivity index (χ0) is 26.6. The van der Waals surface area contributed by atoms with E-state index in [1.807, 2.05) is 0 Å². The quantitative estimate of drug-likeness (QED) is 0.120. The number of carbonyl (C=O) groups is 4. The standard InChI is InChI=1S/C16H19F3N8O6S3/c17-16(18,19)5-36(33)4-8(28)22-9-11(29)27-10(13(30)31)6(3-34-12(9)27)7(1-2-21-14(20)32)35-15-23-25-26-24-15/h7,9,12H,1-5H2,(H,22,28)(H,30,31)(H3,20,21,32)(H,23,24,25,26)/t7?,9?,12-,36?/m0/s1. The van der Waals surface area contributed by atoms with Gasteiger partial charge in [-0.25, -0.2) is 14.7 Å². The van der Waals surface area contributed by atoms with Crippen LogP contribution in [0.2, 0.25) is 0 Å². The first kappa shape index (κ1) is 27.9. The molecule has 0 aromatic carbocycles. The summed E-state index contributed by atoms with van der Waals surface area (Å²) < 4.78 is 48.6. The van der Waals surface area contributed by atoms with Crippen LogP contribution in [0.15, 0.2) is 16.4 Å². The minimum Gasteiger partial charge on any atom is -0.616 e. The number of amides is 4. The molecule has 0 spiro atoms. The number of carboxylic acid groups (broad SMARTS) is 1. The molecule has 3 rings (SSSR count). The van der Waals surface area contributed by atoms with Gasteiger partial charge in [-0.3, -0.25) is 14.5 Å². The lowest BCUT2D eigenvalue weighted by Gasteiger charge is -2.50. The first-order valence-corrected chi connectivity index (χ1v) is 13.3. The van der Waals surface area contributed by atoms with E-state index in [0.29, 0.717) is 5.57 Å². The van der Waals surface area contributed by atoms with Crippen LogP contribution in [0.4, 0.5) is 18.0 Å². The Bertz CT molecular complexity index is 1040. The minimum atomic E-state index is -4.71. The average molecular weight is 573 g/mol. The second-order valence-electron chi connectivity index (χ2n) is 7.37. The molecule has 0 radical (unpaired) electrons. The lowest BCUT2D eigenvalue weighted by atomic mass is 10.0. The summed E-state index contributed by atoms with van der Waals surface area (Å²) in [5.74, 6) is -5.72. The molecule has 1 fully saturated rings. The Morgan fingerprint density at radius 1 is 1.42 bits per heavy atom. The van der Waals surface area contributed by atoms with Crippen molar-refractivity contribution in [1.29, 1.82) is 0 Å². The molecule has 14 nitrogen and oxygen atoms in total. The van der Waals surface area contributed by atoms with Gasteiger partial charge in [0.05, 0.1) is 0 Å². The van der Waals surface area contributed by atoms with Crippen LogP contribution in [0.3, 0.4) is 0 Å². The summed E-state index contributed by atoms with van der Waals surface area (Å²) in [6, 6.07) is -1.97. The van der Waals surface area contributed by atoms with Crippen molar-refractivity contribution in [3.63, 3.8) is 0 Å². The van der Waals surface area contributed by atoms with Gasteiger partial charge in [0.2, 0.25) is 10.9 Å². The number of nitrogens with one attached hydrogen (secondary N) is 3. The van der Waals surface area contributed by atoms with Crippen molar-refractivity contribution in [3.05, 3.63) is 11.3 Å². The third-order valence-corrected chi connectivity index (χ3v) is 8.54. The molecule has 1 aromatic heterocycles. The lowest BCUT2D eigenvalue weighted by Crippen LogP contribution is -2.71. The summed E-state index contributed by atoms with van der Waals surface area (Å²) in [4.78, 5) is 49.0. The Balaban J connectivity index is 1.75. The van der Waals surface area contributed by atoms with Crippen LogP contribution in [0.1, 0.15) is 6.42 Å². The summed E-state index contributed by atoms with van der Waals surface area (Å²) in [6.07, 6.45) is -4.51. The molecule has 3 unspecified atom stereocenters. The van der Waals surface area contributed by atoms with Crippen LogP contribution in [0.5, 0.6) is 0 Å². The van der Waals surface area contributed by atoms with E-state index in [2.05, 4.69) is 31.3 Å². The fraction of sp³-hybridized carbons (Fsp3) is 0.562. The normalized spacial score (nSPS) is 21.3. The van der Waals surface area contributed by atoms with Crippen molar-refractivity contribution in [2.75, 3.05) is 23.8 Å². The number of hydrogen-bond donors (Lipinski definition) is 5. The molecule has 1 aromatic rings. The Hall–Kier alpha value is -2.71. The lowest BCUT2D eigenvalue weighted by molar-refractivity contribution is -0.150. The highest BCUT2D eigenvalue weighted by atomic mass is 32.2. The van der Waals surface area contributed by atoms with Crippen LogP contribution < -0.4 is 16.4 Å². The number of fused-ring (bicyclic) bond motifs is 1. The highest BCUT2D eigenvalue weighted by Gasteiger charge is 2.55. The monoisotopic (exact) mass is 572 g/mol. The zero-order valence-electron chi connectivity index (χ0n) is 18.0. The highest BCUT2D eigenvalue weighted by Crippen LogP contribution is 2.44. The van der Waals surface area contributed by atoms with E-state index in [-0.39, 0.29) is 29.6 Å². The number of β-lactam (4-membered cyclic amide) rings is 1. The first-order chi connectivity index (χ1) is 16.9. The molecule has 20 heteroatoms. The highest BCUT2D eigenvalue weighted by molar-refractivity contribution is 8.01. The van der Waals surface area contributed by atoms with E-state index in [9.17, 15) is 42.0 Å². The number of carboxylic acids is 1. The average Bonchev–Trinajstić information content (AvgIpc) is 3.27. The van der Waals surface area contributed by atoms with E-state index < -0.39 is 69.3 Å². The summed E-state index contributed by atoms with van der Waals surface area (Å²) in [6.45, 7) is 0.0841. The Kier molecular flexibility index (Phi) is 8.95. The second-order valence-corrected chi connectivity index (χ2v) is 11.1. The van der Waals surface area contributed by atoms with Crippen molar-refractivity contribution in [3.8, 4) is 0 Å². The maximum absolute atomic E-state index is 12.8. The number of aromatic amines is 1. The number of aromatic nitrogens is 4. The van der Waals surface area contributed by atoms with Gasteiger partial charge in [0.1, 0.15) is 17.1 Å². The summed E-state index contributed by atoms with van der Waals surface area (Å²) in [5.41, 5.74) is 5.10. The smallest absolute Gasteiger partial charge is 0.433 e. The van der Waals surface area contributed by atoms with Gasteiger partial charge in [-0.2, -0.15) is 13.2 Å². The van der Waals surface area contributed by atoms with Gasteiger partial charge in [-0.05, 0) is 33.6 Å². The van der Waals surface area contributed by atoms with Crippen molar-refractivity contribution in [2.45, 2.75) is 34.4 Å². The number of halogens is 3.